The highest BCUT2D eigenvalue weighted by Crippen LogP contribution is 2.14. The lowest BCUT2D eigenvalue weighted by Gasteiger charge is -2.15. The lowest BCUT2D eigenvalue weighted by molar-refractivity contribution is -0.161. The third kappa shape index (κ3) is 43.5. The topological polar surface area (TPSA) is 72.8 Å². The Hall–Kier alpha value is -3.18. The van der Waals surface area contributed by atoms with Crippen molar-refractivity contribution < 1.29 is 24.2 Å². The Morgan fingerprint density at radius 1 is 0.411 bits per heavy atom. The van der Waals surface area contributed by atoms with Crippen molar-refractivity contribution in [2.75, 3.05) is 13.2 Å². The van der Waals surface area contributed by atoms with Gasteiger partial charge in [0.1, 0.15) is 6.61 Å². The van der Waals surface area contributed by atoms with Gasteiger partial charge >= 0.3 is 11.9 Å². The van der Waals surface area contributed by atoms with Gasteiger partial charge in [0.2, 0.25) is 0 Å². The fourth-order valence-corrected chi connectivity index (χ4v) is 6.01. The van der Waals surface area contributed by atoms with Crippen LogP contribution in [-0.4, -0.2) is 36.4 Å². The van der Waals surface area contributed by atoms with E-state index >= 15 is 0 Å². The van der Waals surface area contributed by atoms with Crippen LogP contribution >= 0.6 is 0 Å². The maximum Gasteiger partial charge on any atom is 0.306 e. The van der Waals surface area contributed by atoms with E-state index in [0.717, 1.165) is 103 Å². The molecule has 0 aromatic heterocycles. The fourth-order valence-electron chi connectivity index (χ4n) is 6.01. The summed E-state index contributed by atoms with van der Waals surface area (Å²) in [7, 11) is 0. The van der Waals surface area contributed by atoms with Crippen molar-refractivity contribution in [3.05, 3.63) is 97.2 Å². The normalized spacial score (nSPS) is 13.1. The van der Waals surface area contributed by atoms with Crippen LogP contribution < -0.4 is 0 Å². The first kappa shape index (κ1) is 52.8. The molecule has 0 rings (SSSR count). The van der Waals surface area contributed by atoms with E-state index in [2.05, 4.69) is 111 Å². The standard InChI is InChI=1S/C51H84O5/c1-3-5-7-9-11-13-15-17-19-21-22-23-24-25-26-27-28-30-32-34-36-38-40-42-44-46-51(54)56-49(47-52)48-55-50(53)45-43-41-39-37-35-33-31-29-20-18-16-14-12-10-8-6-4-2/h5-8,11-14,17-20,22-23,31,33,49,52H,3-4,9-10,15-16,21,24-30,32,34-48H2,1-2H3/b7-5-,8-6-,13-11-,14-12-,19-17-,20-18-,23-22-,33-31-. The highest BCUT2D eigenvalue weighted by Gasteiger charge is 2.16. The van der Waals surface area contributed by atoms with Crippen LogP contribution in [0.3, 0.4) is 0 Å². The predicted octanol–water partition coefficient (Wildman–Crippen LogP) is 14.8. The number of hydrogen-bond donors (Lipinski definition) is 1. The lowest BCUT2D eigenvalue weighted by Crippen LogP contribution is -2.28. The number of aliphatic hydroxyl groups is 1. The molecule has 0 amide bonds. The number of carbonyl (C=O) groups is 2. The quantitative estimate of drug-likeness (QED) is 0.0381. The molecule has 0 saturated carbocycles. The number of aliphatic hydroxyl groups excluding tert-OH is 1. The molecule has 0 radical (unpaired) electrons. The number of esters is 2. The van der Waals surface area contributed by atoms with Gasteiger partial charge in [-0.2, -0.15) is 0 Å². The average molecular weight is 777 g/mol. The molecule has 0 aliphatic heterocycles. The van der Waals surface area contributed by atoms with Gasteiger partial charge in [-0.1, -0.05) is 188 Å². The average Bonchev–Trinajstić information content (AvgIpc) is 3.20. The molecule has 5 heteroatoms. The van der Waals surface area contributed by atoms with Crippen LogP contribution in [0, 0.1) is 0 Å². The van der Waals surface area contributed by atoms with Crippen LogP contribution in [0.25, 0.3) is 0 Å². The minimum Gasteiger partial charge on any atom is -0.462 e. The second kappa shape index (κ2) is 46.2. The van der Waals surface area contributed by atoms with Gasteiger partial charge in [0.25, 0.3) is 0 Å². The van der Waals surface area contributed by atoms with Gasteiger partial charge in [0.05, 0.1) is 6.61 Å². The maximum atomic E-state index is 12.2. The molecule has 318 valence electrons. The first-order valence-corrected chi connectivity index (χ1v) is 22.8. The summed E-state index contributed by atoms with van der Waals surface area (Å²) in [6, 6.07) is 0. The Morgan fingerprint density at radius 3 is 1.07 bits per heavy atom. The minimum atomic E-state index is -0.789. The SMILES string of the molecule is CC/C=C\C/C=C\C/C=C\C/C=C\CCCCCCCCCCCCCCC(=O)OC(CO)COC(=O)CCCCCC/C=C\C/C=C\C/C=C\C/C=C\CC. The summed E-state index contributed by atoms with van der Waals surface area (Å²) in [5, 5.41) is 9.60. The summed E-state index contributed by atoms with van der Waals surface area (Å²) in [5.41, 5.74) is 0. The molecule has 1 unspecified atom stereocenters. The van der Waals surface area contributed by atoms with E-state index < -0.39 is 6.10 Å². The van der Waals surface area contributed by atoms with Crippen molar-refractivity contribution in [1.29, 1.82) is 0 Å². The van der Waals surface area contributed by atoms with Crippen LogP contribution in [0.1, 0.15) is 194 Å². The zero-order valence-electron chi connectivity index (χ0n) is 36.1. The second-order valence-electron chi connectivity index (χ2n) is 14.7. The van der Waals surface area contributed by atoms with Gasteiger partial charge < -0.3 is 14.6 Å². The molecule has 5 nitrogen and oxygen atoms in total. The Bertz CT molecular complexity index is 1110. The second-order valence-corrected chi connectivity index (χ2v) is 14.7. The third-order valence-electron chi connectivity index (χ3n) is 9.37. The van der Waals surface area contributed by atoms with Gasteiger partial charge in [-0.15, -0.1) is 0 Å². The third-order valence-corrected chi connectivity index (χ3v) is 9.37. The predicted molar refractivity (Wildman–Crippen MR) is 242 cm³/mol. The zero-order chi connectivity index (χ0) is 40.7. The fraction of sp³-hybridized carbons (Fsp3) is 0.647. The Morgan fingerprint density at radius 2 is 0.714 bits per heavy atom. The van der Waals surface area contributed by atoms with Gasteiger partial charge in [-0.05, 0) is 89.9 Å². The molecule has 0 heterocycles. The molecule has 0 spiro atoms. The molecule has 0 fully saturated rings. The molecule has 56 heavy (non-hydrogen) atoms. The summed E-state index contributed by atoms with van der Waals surface area (Å²) >= 11 is 0. The molecule has 0 bridgehead atoms. The number of hydrogen-bond acceptors (Lipinski definition) is 5. The molecule has 0 aromatic rings. The van der Waals surface area contributed by atoms with Crippen molar-refractivity contribution in [3.63, 3.8) is 0 Å². The molecule has 0 aromatic carbocycles. The number of unbranched alkanes of at least 4 members (excludes halogenated alkanes) is 16. The monoisotopic (exact) mass is 777 g/mol. The number of ether oxygens (including phenoxy) is 2. The molecule has 0 saturated heterocycles. The van der Waals surface area contributed by atoms with E-state index in [0.29, 0.717) is 12.8 Å². The van der Waals surface area contributed by atoms with E-state index in [1.54, 1.807) is 0 Å². The Balaban J connectivity index is 3.58. The van der Waals surface area contributed by atoms with Gasteiger partial charge in [0.15, 0.2) is 6.10 Å². The van der Waals surface area contributed by atoms with E-state index in [1.807, 2.05) is 0 Å². The Labute approximate surface area is 345 Å². The highest BCUT2D eigenvalue weighted by atomic mass is 16.6. The molecule has 0 aliphatic rings. The van der Waals surface area contributed by atoms with Crippen LogP contribution in [0.4, 0.5) is 0 Å². The van der Waals surface area contributed by atoms with E-state index in [4.69, 9.17) is 9.47 Å². The number of allylic oxidation sites excluding steroid dienone is 16. The molecule has 1 atom stereocenters. The summed E-state index contributed by atoms with van der Waals surface area (Å²) < 4.78 is 10.6. The highest BCUT2D eigenvalue weighted by molar-refractivity contribution is 5.70. The van der Waals surface area contributed by atoms with Crippen LogP contribution in [0.2, 0.25) is 0 Å². The van der Waals surface area contributed by atoms with Crippen molar-refractivity contribution in [3.8, 4) is 0 Å². The minimum absolute atomic E-state index is 0.0844. The smallest absolute Gasteiger partial charge is 0.306 e. The molecular weight excluding hydrogens is 693 g/mol. The van der Waals surface area contributed by atoms with E-state index in [-0.39, 0.29) is 25.2 Å². The molecular formula is C51H84O5. The number of rotatable bonds is 40. The van der Waals surface area contributed by atoms with E-state index in [9.17, 15) is 14.7 Å². The largest absolute Gasteiger partial charge is 0.462 e. The summed E-state index contributed by atoms with van der Waals surface area (Å²) in [6.45, 7) is 3.88. The van der Waals surface area contributed by atoms with Crippen molar-refractivity contribution in [2.24, 2.45) is 0 Å². The summed E-state index contributed by atoms with van der Waals surface area (Å²) in [5.74, 6) is -0.626. The van der Waals surface area contributed by atoms with Crippen LogP contribution in [0.15, 0.2) is 97.2 Å². The van der Waals surface area contributed by atoms with E-state index in [1.165, 1.54) is 64.2 Å². The molecule has 0 aliphatic carbocycles. The van der Waals surface area contributed by atoms with Gasteiger partial charge in [-0.3, -0.25) is 9.59 Å². The van der Waals surface area contributed by atoms with Gasteiger partial charge in [0, 0.05) is 12.8 Å². The maximum absolute atomic E-state index is 12.2. The summed E-state index contributed by atoms with van der Waals surface area (Å²) in [6.07, 6.45) is 64.8. The Kier molecular flexibility index (Phi) is 43.6. The van der Waals surface area contributed by atoms with Crippen molar-refractivity contribution >= 4 is 11.9 Å². The zero-order valence-corrected chi connectivity index (χ0v) is 36.1. The first-order chi connectivity index (χ1) is 27.6. The number of carbonyl (C=O) groups excluding carboxylic acids is 2. The van der Waals surface area contributed by atoms with Crippen LogP contribution in [0.5, 0.6) is 0 Å². The lowest BCUT2D eigenvalue weighted by atomic mass is 10.0. The van der Waals surface area contributed by atoms with Crippen molar-refractivity contribution in [2.45, 2.75) is 200 Å². The molecule has 1 N–H and O–H groups in total. The summed E-state index contributed by atoms with van der Waals surface area (Å²) in [4.78, 5) is 24.4. The van der Waals surface area contributed by atoms with Gasteiger partial charge in [-0.25, -0.2) is 0 Å². The van der Waals surface area contributed by atoms with Crippen LogP contribution in [-0.2, 0) is 19.1 Å². The van der Waals surface area contributed by atoms with Crippen molar-refractivity contribution in [1.82, 2.24) is 0 Å². The first-order valence-electron chi connectivity index (χ1n) is 22.8.